The molecular weight excluding hydrogens is 276 g/mol. The van der Waals surface area contributed by atoms with E-state index in [0.717, 1.165) is 0 Å². The van der Waals surface area contributed by atoms with E-state index in [9.17, 15) is 0 Å². The Kier molecular flexibility index (Phi) is 3.41. The van der Waals surface area contributed by atoms with Gasteiger partial charge in [-0.25, -0.2) is 4.68 Å². The lowest BCUT2D eigenvalue weighted by molar-refractivity contribution is 0.376. The molecule has 0 radical (unpaired) electrons. The van der Waals surface area contributed by atoms with Gasteiger partial charge in [0.1, 0.15) is 16.7 Å². The third-order valence-corrected chi connectivity index (χ3v) is 3.43. The van der Waals surface area contributed by atoms with Gasteiger partial charge in [0, 0.05) is 0 Å². The lowest BCUT2D eigenvalue weighted by atomic mass is 10.3. The summed E-state index contributed by atoms with van der Waals surface area (Å²) in [4.78, 5) is 0.0561. The van der Waals surface area contributed by atoms with E-state index in [0.29, 0.717) is 16.3 Å². The number of anilines is 1. The van der Waals surface area contributed by atoms with E-state index in [-0.39, 0.29) is 4.90 Å². The van der Waals surface area contributed by atoms with E-state index < -0.39 is 10.9 Å². The predicted octanol–water partition coefficient (Wildman–Crippen LogP) is 2.71. The fraction of sp³-hybridized carbons (Fsp3) is 0.111. The fourth-order valence-corrected chi connectivity index (χ4v) is 2.07. The van der Waals surface area contributed by atoms with Crippen molar-refractivity contribution in [2.45, 2.75) is 11.8 Å². The monoisotopic (exact) mass is 288 g/mol. The van der Waals surface area contributed by atoms with Crippen LogP contribution in [0.1, 0.15) is 5.82 Å². The molecule has 0 aliphatic carbocycles. The summed E-state index contributed by atoms with van der Waals surface area (Å²) in [6, 6.07) is 6.01. The molecule has 1 aromatic carbocycles. The Morgan fingerprint density at radius 3 is 2.33 bits per heavy atom. The number of benzene rings is 1. The lowest BCUT2D eigenvalue weighted by Crippen LogP contribution is -2.11. The maximum Gasteiger partial charge on any atom is 0.214 e. The molecule has 5 N–H and O–H groups in total. The molecule has 2 aromatic rings. The number of hydrogen-bond donors (Lipinski definition) is 5. The van der Waals surface area contributed by atoms with Crippen LogP contribution in [0.3, 0.4) is 0 Å². The number of nitrogens with zero attached hydrogens (tertiary/aromatic N) is 2. The summed E-state index contributed by atoms with van der Waals surface area (Å²) < 4.78 is 29.2. The van der Waals surface area contributed by atoms with Gasteiger partial charge in [-0.1, -0.05) is 0 Å². The van der Waals surface area contributed by atoms with E-state index in [1.807, 2.05) is 0 Å². The summed E-state index contributed by atoms with van der Waals surface area (Å²) in [6.45, 7) is 1.78. The minimum atomic E-state index is -3.67. The van der Waals surface area contributed by atoms with Crippen LogP contribution in [0.15, 0.2) is 29.2 Å². The van der Waals surface area contributed by atoms with Crippen molar-refractivity contribution in [2.75, 3.05) is 5.43 Å². The molecule has 0 fully saturated rings. The van der Waals surface area contributed by atoms with Gasteiger partial charge >= 0.3 is 0 Å². The smallest absolute Gasteiger partial charge is 0.214 e. The van der Waals surface area contributed by atoms with Crippen molar-refractivity contribution in [3.8, 4) is 0 Å². The molecule has 0 aliphatic heterocycles. The number of aromatic nitrogens is 3. The van der Waals surface area contributed by atoms with Crippen LogP contribution in [-0.2, 0) is 0 Å². The zero-order valence-electron chi connectivity index (χ0n) is 9.36. The van der Waals surface area contributed by atoms with Crippen LogP contribution in [-0.4, -0.2) is 28.5 Å². The van der Waals surface area contributed by atoms with E-state index in [1.54, 1.807) is 23.7 Å². The van der Waals surface area contributed by atoms with Gasteiger partial charge < -0.3 is 13.7 Å². The second kappa shape index (κ2) is 4.71. The Hall–Kier alpha value is -1.39. The summed E-state index contributed by atoms with van der Waals surface area (Å²) in [7, 11) is -3.67. The van der Waals surface area contributed by atoms with Crippen LogP contribution >= 0.6 is 23.1 Å². The Morgan fingerprint density at radius 1 is 1.28 bits per heavy atom. The highest BCUT2D eigenvalue weighted by Crippen LogP contribution is 2.43. The molecule has 0 amide bonds. The first-order valence-corrected chi connectivity index (χ1v) is 6.81. The Bertz CT molecular complexity index is 600. The zero-order valence-corrected chi connectivity index (χ0v) is 11.0. The summed E-state index contributed by atoms with van der Waals surface area (Å²) in [5.41, 5.74) is 3.65. The summed E-state index contributed by atoms with van der Waals surface area (Å²) >= 11 is 5.02. The minimum Gasteiger partial charge on any atom is -0.304 e. The van der Waals surface area contributed by atoms with Gasteiger partial charge in [0.05, 0.1) is 10.6 Å². The maximum absolute atomic E-state index is 9.06. The van der Waals surface area contributed by atoms with Gasteiger partial charge in [-0.15, -0.1) is 0 Å². The van der Waals surface area contributed by atoms with Gasteiger partial charge in [-0.3, -0.25) is 10.5 Å². The normalized spacial score (nSPS) is 12.4. The number of rotatable bonds is 3. The highest BCUT2D eigenvalue weighted by Gasteiger charge is 2.14. The number of hydrogen-bond acceptors (Lipinski definition) is 6. The third kappa shape index (κ3) is 2.71. The minimum absolute atomic E-state index is 0.0561. The average Bonchev–Trinajstić information content (AvgIpc) is 2.60. The Labute approximate surface area is 110 Å². The standard InChI is InChI=1S/C9H12N4O3S2/c1-6-10-11-9(17)13(6)12-7-2-4-8(5-3-7)18(14,15)16/h2-5,12,14-16H,1H3,(H,11,17). The highest BCUT2D eigenvalue weighted by atomic mass is 32.3. The molecule has 1 heterocycles. The largest absolute Gasteiger partial charge is 0.304 e. The van der Waals surface area contributed by atoms with Crippen molar-refractivity contribution in [3.05, 3.63) is 34.9 Å². The van der Waals surface area contributed by atoms with Crippen LogP contribution in [0.4, 0.5) is 5.69 Å². The van der Waals surface area contributed by atoms with Crippen LogP contribution in [0.25, 0.3) is 0 Å². The van der Waals surface area contributed by atoms with Gasteiger partial charge in [0.2, 0.25) is 4.77 Å². The Morgan fingerprint density at radius 2 is 1.89 bits per heavy atom. The van der Waals surface area contributed by atoms with Gasteiger partial charge in [-0.2, -0.15) is 5.10 Å². The summed E-state index contributed by atoms with van der Waals surface area (Å²) in [5, 5.41) is 6.57. The molecule has 7 nitrogen and oxygen atoms in total. The number of aromatic amines is 1. The summed E-state index contributed by atoms with van der Waals surface area (Å²) in [5.74, 6) is 0.663. The first kappa shape index (κ1) is 13.1. The quantitative estimate of drug-likeness (QED) is 0.556. The van der Waals surface area contributed by atoms with Crippen molar-refractivity contribution >= 4 is 28.8 Å². The van der Waals surface area contributed by atoms with Crippen molar-refractivity contribution < 1.29 is 13.7 Å². The molecule has 0 aliphatic rings. The maximum atomic E-state index is 9.06. The van der Waals surface area contributed by atoms with Crippen molar-refractivity contribution in [1.82, 2.24) is 14.9 Å². The molecule has 1 aromatic heterocycles. The SMILES string of the molecule is Cc1n[nH]c(=S)n1Nc1ccc(S(O)(O)O)cc1. The molecule has 18 heavy (non-hydrogen) atoms. The summed E-state index contributed by atoms with van der Waals surface area (Å²) in [6.07, 6.45) is 0. The molecule has 2 rings (SSSR count). The van der Waals surface area contributed by atoms with Crippen LogP contribution in [0.2, 0.25) is 0 Å². The molecule has 9 heteroatoms. The van der Waals surface area contributed by atoms with Crippen LogP contribution < -0.4 is 5.43 Å². The average molecular weight is 288 g/mol. The fourth-order valence-electron chi connectivity index (χ4n) is 1.35. The van der Waals surface area contributed by atoms with E-state index >= 15 is 0 Å². The number of nitrogens with one attached hydrogen (secondary N) is 2. The molecular formula is C9H12N4O3S2. The number of aryl methyl sites for hydroxylation is 1. The molecule has 0 unspecified atom stereocenters. The molecule has 0 saturated carbocycles. The van der Waals surface area contributed by atoms with Gasteiger partial charge in [0.15, 0.2) is 0 Å². The first-order chi connectivity index (χ1) is 8.38. The number of H-pyrrole nitrogens is 1. The highest BCUT2D eigenvalue weighted by molar-refractivity contribution is 8.19. The van der Waals surface area contributed by atoms with Crippen molar-refractivity contribution in [3.63, 3.8) is 0 Å². The van der Waals surface area contributed by atoms with Crippen LogP contribution in [0.5, 0.6) is 0 Å². The molecule has 98 valence electrons. The van der Waals surface area contributed by atoms with Gasteiger partial charge in [0.25, 0.3) is 0 Å². The van der Waals surface area contributed by atoms with E-state index in [2.05, 4.69) is 15.6 Å². The predicted molar refractivity (Wildman–Crippen MR) is 71.4 cm³/mol. The second-order valence-corrected chi connectivity index (χ2v) is 5.46. The van der Waals surface area contributed by atoms with Gasteiger partial charge in [-0.05, 0) is 43.4 Å². The van der Waals surface area contributed by atoms with Crippen molar-refractivity contribution in [1.29, 1.82) is 0 Å². The van der Waals surface area contributed by atoms with E-state index in [4.69, 9.17) is 25.9 Å². The topological polar surface area (TPSA) is 106 Å². The molecule has 0 bridgehead atoms. The Balaban J connectivity index is 2.24. The first-order valence-electron chi connectivity index (χ1n) is 4.90. The second-order valence-electron chi connectivity index (χ2n) is 3.57. The van der Waals surface area contributed by atoms with E-state index in [1.165, 1.54) is 12.1 Å². The third-order valence-electron chi connectivity index (χ3n) is 2.25. The van der Waals surface area contributed by atoms with Crippen molar-refractivity contribution in [2.24, 2.45) is 0 Å². The lowest BCUT2D eigenvalue weighted by Gasteiger charge is -2.19. The van der Waals surface area contributed by atoms with Crippen LogP contribution in [0, 0.1) is 11.7 Å². The zero-order chi connectivity index (χ0) is 13.3. The molecule has 0 atom stereocenters. The molecule has 0 spiro atoms. The molecule has 0 saturated heterocycles.